The van der Waals surface area contributed by atoms with Crippen molar-refractivity contribution in [2.75, 3.05) is 5.73 Å². The average molecular weight is 299 g/mol. The summed E-state index contributed by atoms with van der Waals surface area (Å²) >= 11 is 6.01. The predicted octanol–water partition coefficient (Wildman–Crippen LogP) is 4.36. The van der Waals surface area contributed by atoms with Gasteiger partial charge in [0.15, 0.2) is 0 Å². The molecule has 3 rings (SSSR count). The molecule has 0 saturated heterocycles. The second-order valence-corrected chi connectivity index (χ2v) is 5.35. The van der Waals surface area contributed by atoms with Gasteiger partial charge in [-0.25, -0.2) is 0 Å². The summed E-state index contributed by atoms with van der Waals surface area (Å²) in [6.45, 7) is 2.42. The zero-order valence-electron chi connectivity index (χ0n) is 11.6. The Balaban J connectivity index is 1.92. The lowest BCUT2D eigenvalue weighted by atomic mass is 10.1. The van der Waals surface area contributed by atoms with Crippen molar-refractivity contribution in [1.82, 2.24) is 4.98 Å². The minimum Gasteiger partial charge on any atom is -0.488 e. The fourth-order valence-corrected chi connectivity index (χ4v) is 2.42. The number of aromatic nitrogens is 1. The van der Waals surface area contributed by atoms with Gasteiger partial charge < -0.3 is 10.5 Å². The van der Waals surface area contributed by atoms with Crippen LogP contribution in [-0.4, -0.2) is 4.98 Å². The number of rotatable bonds is 3. The highest BCUT2D eigenvalue weighted by Gasteiger charge is 2.07. The molecular formula is C17H15ClN2O. The van der Waals surface area contributed by atoms with Gasteiger partial charge in [0, 0.05) is 27.9 Å². The topological polar surface area (TPSA) is 48.1 Å². The van der Waals surface area contributed by atoms with Gasteiger partial charge >= 0.3 is 0 Å². The zero-order valence-corrected chi connectivity index (χ0v) is 12.4. The second-order valence-electron chi connectivity index (χ2n) is 4.91. The van der Waals surface area contributed by atoms with E-state index in [0.717, 1.165) is 33.5 Å². The van der Waals surface area contributed by atoms with Gasteiger partial charge in [-0.05, 0) is 42.8 Å². The quantitative estimate of drug-likeness (QED) is 0.731. The first kappa shape index (κ1) is 13.7. The van der Waals surface area contributed by atoms with E-state index in [2.05, 4.69) is 4.98 Å². The number of pyridine rings is 1. The Labute approximate surface area is 128 Å². The van der Waals surface area contributed by atoms with Crippen molar-refractivity contribution in [1.29, 1.82) is 0 Å². The summed E-state index contributed by atoms with van der Waals surface area (Å²) in [5, 5.41) is 1.61. The molecule has 0 spiro atoms. The van der Waals surface area contributed by atoms with Gasteiger partial charge in [0.05, 0.1) is 5.52 Å². The van der Waals surface area contributed by atoms with Gasteiger partial charge in [0.2, 0.25) is 0 Å². The Morgan fingerprint density at radius 3 is 2.90 bits per heavy atom. The number of nitrogens with zero attached hydrogens (tertiary/aromatic N) is 1. The van der Waals surface area contributed by atoms with E-state index in [1.807, 2.05) is 49.4 Å². The molecule has 0 aliphatic carbocycles. The summed E-state index contributed by atoms with van der Waals surface area (Å²) < 4.78 is 5.89. The first-order valence-corrected chi connectivity index (χ1v) is 7.04. The minimum absolute atomic E-state index is 0.426. The van der Waals surface area contributed by atoms with Crippen LogP contribution in [0.5, 0.6) is 5.75 Å². The number of nitrogens with two attached hydrogens (primary N) is 1. The fraction of sp³-hybridized carbons (Fsp3) is 0.118. The van der Waals surface area contributed by atoms with Crippen LogP contribution in [0.15, 0.2) is 48.7 Å². The molecule has 0 fully saturated rings. The molecule has 106 valence electrons. The predicted molar refractivity (Wildman–Crippen MR) is 86.7 cm³/mol. The summed E-state index contributed by atoms with van der Waals surface area (Å²) in [6.07, 6.45) is 1.76. The lowest BCUT2D eigenvalue weighted by Crippen LogP contribution is -2.00. The van der Waals surface area contributed by atoms with Crippen LogP contribution in [0.25, 0.3) is 10.9 Å². The Morgan fingerprint density at radius 2 is 2.05 bits per heavy atom. The van der Waals surface area contributed by atoms with E-state index in [0.29, 0.717) is 11.6 Å². The van der Waals surface area contributed by atoms with Crippen LogP contribution in [0, 0.1) is 6.92 Å². The highest BCUT2D eigenvalue weighted by atomic mass is 35.5. The molecule has 2 N–H and O–H groups in total. The Kier molecular flexibility index (Phi) is 3.67. The maximum Gasteiger partial charge on any atom is 0.124 e. The van der Waals surface area contributed by atoms with E-state index in [9.17, 15) is 0 Å². The number of benzene rings is 2. The lowest BCUT2D eigenvalue weighted by Gasteiger charge is -2.11. The average Bonchev–Trinajstić information content (AvgIpc) is 2.50. The largest absolute Gasteiger partial charge is 0.488 e. The molecule has 21 heavy (non-hydrogen) atoms. The van der Waals surface area contributed by atoms with Crippen molar-refractivity contribution in [2.45, 2.75) is 13.5 Å². The second kappa shape index (κ2) is 5.62. The third kappa shape index (κ3) is 2.78. The van der Waals surface area contributed by atoms with Gasteiger partial charge in [-0.15, -0.1) is 0 Å². The first-order chi connectivity index (χ1) is 10.1. The zero-order chi connectivity index (χ0) is 14.8. The van der Waals surface area contributed by atoms with Crippen molar-refractivity contribution in [2.24, 2.45) is 0 Å². The number of hydrogen-bond donors (Lipinski definition) is 1. The van der Waals surface area contributed by atoms with Crippen molar-refractivity contribution < 1.29 is 4.74 Å². The molecule has 3 aromatic rings. The number of anilines is 1. The fourth-order valence-electron chi connectivity index (χ4n) is 2.25. The molecule has 0 bridgehead atoms. The summed E-state index contributed by atoms with van der Waals surface area (Å²) in [5.74, 6) is 0.781. The summed E-state index contributed by atoms with van der Waals surface area (Å²) in [5.41, 5.74) is 9.62. The van der Waals surface area contributed by atoms with Crippen LogP contribution < -0.4 is 10.5 Å². The number of fused-ring (bicyclic) bond motifs is 1. The Morgan fingerprint density at radius 1 is 1.19 bits per heavy atom. The van der Waals surface area contributed by atoms with Crippen LogP contribution in [-0.2, 0) is 6.61 Å². The molecule has 0 radical (unpaired) electrons. The van der Waals surface area contributed by atoms with Gasteiger partial charge in [-0.2, -0.15) is 0 Å². The smallest absolute Gasteiger partial charge is 0.124 e. The number of ether oxygens (including phenoxy) is 1. The maximum atomic E-state index is 6.01. The highest BCUT2D eigenvalue weighted by Crippen LogP contribution is 2.26. The van der Waals surface area contributed by atoms with E-state index < -0.39 is 0 Å². The lowest BCUT2D eigenvalue weighted by molar-refractivity contribution is 0.305. The normalized spacial score (nSPS) is 10.8. The molecule has 0 aliphatic rings. The molecule has 0 unspecified atom stereocenters. The number of aryl methyl sites for hydroxylation is 1. The summed E-state index contributed by atoms with van der Waals surface area (Å²) in [7, 11) is 0. The van der Waals surface area contributed by atoms with Crippen LogP contribution >= 0.6 is 11.6 Å². The third-order valence-corrected chi connectivity index (χ3v) is 3.66. The number of hydrogen-bond acceptors (Lipinski definition) is 3. The maximum absolute atomic E-state index is 6.01. The molecule has 0 aliphatic heterocycles. The molecule has 3 nitrogen and oxygen atoms in total. The summed E-state index contributed by atoms with van der Waals surface area (Å²) in [6, 6.07) is 13.3. The van der Waals surface area contributed by atoms with Crippen molar-refractivity contribution >= 4 is 28.2 Å². The van der Waals surface area contributed by atoms with Gasteiger partial charge in [-0.1, -0.05) is 23.7 Å². The van der Waals surface area contributed by atoms with E-state index >= 15 is 0 Å². The molecular weight excluding hydrogens is 284 g/mol. The number of halogens is 1. The van der Waals surface area contributed by atoms with Crippen LogP contribution in [0.4, 0.5) is 5.69 Å². The molecule has 1 aromatic heterocycles. The van der Waals surface area contributed by atoms with Crippen molar-refractivity contribution in [3.05, 3.63) is 64.8 Å². The van der Waals surface area contributed by atoms with Crippen molar-refractivity contribution in [3.8, 4) is 5.75 Å². The standard InChI is InChI=1S/C17H15ClN2O/c1-11-4-6-13(18)9-16(11)21-10-12-5-7-15(19)14-3-2-8-20-17(12)14/h2-9H,10,19H2,1H3. The monoisotopic (exact) mass is 298 g/mol. The first-order valence-electron chi connectivity index (χ1n) is 6.66. The molecule has 2 aromatic carbocycles. The van der Waals surface area contributed by atoms with E-state index in [-0.39, 0.29) is 0 Å². The minimum atomic E-state index is 0.426. The SMILES string of the molecule is Cc1ccc(Cl)cc1OCc1ccc(N)c2cccnc12. The Hall–Kier alpha value is -2.26. The van der Waals surface area contributed by atoms with Crippen LogP contribution in [0.1, 0.15) is 11.1 Å². The van der Waals surface area contributed by atoms with E-state index in [1.165, 1.54) is 0 Å². The van der Waals surface area contributed by atoms with E-state index in [4.69, 9.17) is 22.1 Å². The molecule has 4 heteroatoms. The molecule has 0 saturated carbocycles. The van der Waals surface area contributed by atoms with Gasteiger partial charge in [0.25, 0.3) is 0 Å². The molecule has 1 heterocycles. The van der Waals surface area contributed by atoms with Gasteiger partial charge in [-0.3, -0.25) is 4.98 Å². The van der Waals surface area contributed by atoms with Crippen LogP contribution in [0.2, 0.25) is 5.02 Å². The molecule has 0 atom stereocenters. The summed E-state index contributed by atoms with van der Waals surface area (Å²) in [4.78, 5) is 4.41. The third-order valence-electron chi connectivity index (χ3n) is 3.42. The van der Waals surface area contributed by atoms with Gasteiger partial charge in [0.1, 0.15) is 12.4 Å². The highest BCUT2D eigenvalue weighted by molar-refractivity contribution is 6.30. The molecule has 0 amide bonds. The number of nitrogen functional groups attached to an aromatic ring is 1. The van der Waals surface area contributed by atoms with Crippen LogP contribution in [0.3, 0.4) is 0 Å². The Bertz CT molecular complexity index is 802. The van der Waals surface area contributed by atoms with E-state index in [1.54, 1.807) is 6.20 Å². The van der Waals surface area contributed by atoms with Crippen molar-refractivity contribution in [3.63, 3.8) is 0 Å².